The average molecular weight is 601 g/mol. The fourth-order valence-electron chi connectivity index (χ4n) is 4.91. The molecule has 216 valence electrons. The Hall–Kier alpha value is -3.93. The number of H-pyrrole nitrogens is 1. The SMILES string of the molecule is CNC1(c2ccccc2)CCN(C(=O)NC(Cc2cnc(=O)[nH]c2NC(=O)c2c(Cl)cccc2Cl)C(=O)OC)CC1. The van der Waals surface area contributed by atoms with Gasteiger partial charge in [-0.25, -0.2) is 19.4 Å². The number of aromatic nitrogens is 2. The molecule has 2 aromatic carbocycles. The summed E-state index contributed by atoms with van der Waals surface area (Å²) in [5.41, 5.74) is 0.434. The summed E-state index contributed by atoms with van der Waals surface area (Å²) < 4.78 is 4.93. The van der Waals surface area contributed by atoms with Crippen LogP contribution in [0.4, 0.5) is 10.6 Å². The zero-order chi connectivity index (χ0) is 29.6. The van der Waals surface area contributed by atoms with Crippen LogP contribution in [0.25, 0.3) is 0 Å². The van der Waals surface area contributed by atoms with Gasteiger partial charge in [0.2, 0.25) is 0 Å². The van der Waals surface area contributed by atoms with Crippen molar-refractivity contribution in [3.8, 4) is 0 Å². The first-order valence-electron chi connectivity index (χ1n) is 12.9. The third-order valence-corrected chi connectivity index (χ3v) is 7.87. The van der Waals surface area contributed by atoms with Gasteiger partial charge in [0, 0.05) is 36.8 Å². The van der Waals surface area contributed by atoms with E-state index in [4.69, 9.17) is 27.9 Å². The minimum absolute atomic E-state index is 0.00973. The van der Waals surface area contributed by atoms with Gasteiger partial charge in [0.05, 0.1) is 22.7 Å². The lowest BCUT2D eigenvalue weighted by atomic mass is 9.81. The molecule has 3 amide bonds. The van der Waals surface area contributed by atoms with Crippen LogP contribution in [0.3, 0.4) is 0 Å². The van der Waals surface area contributed by atoms with E-state index in [1.54, 1.807) is 11.0 Å². The summed E-state index contributed by atoms with van der Waals surface area (Å²) in [5.74, 6) is -1.40. The van der Waals surface area contributed by atoms with Gasteiger partial charge < -0.3 is 25.6 Å². The molecule has 4 N–H and O–H groups in total. The van der Waals surface area contributed by atoms with Crippen molar-refractivity contribution in [1.82, 2.24) is 25.5 Å². The van der Waals surface area contributed by atoms with Gasteiger partial charge in [0.15, 0.2) is 0 Å². The first kappa shape index (κ1) is 30.0. The number of esters is 1. The first-order chi connectivity index (χ1) is 19.7. The molecule has 1 aromatic heterocycles. The van der Waals surface area contributed by atoms with Gasteiger partial charge in [-0.2, -0.15) is 0 Å². The number of carbonyl (C=O) groups excluding carboxylic acids is 3. The largest absolute Gasteiger partial charge is 0.467 e. The second kappa shape index (κ2) is 13.2. The number of aromatic amines is 1. The van der Waals surface area contributed by atoms with Crippen LogP contribution >= 0.6 is 23.2 Å². The number of rotatable bonds is 8. The Morgan fingerprint density at radius 1 is 1.07 bits per heavy atom. The summed E-state index contributed by atoms with van der Waals surface area (Å²) in [7, 11) is 3.11. The number of ether oxygens (including phenoxy) is 1. The number of piperidine rings is 1. The molecule has 0 bridgehead atoms. The minimum Gasteiger partial charge on any atom is -0.467 e. The van der Waals surface area contributed by atoms with Gasteiger partial charge in [-0.1, -0.05) is 59.6 Å². The molecule has 1 saturated heterocycles. The summed E-state index contributed by atoms with van der Waals surface area (Å²) in [5, 5.41) is 8.96. The number of urea groups is 1. The van der Waals surface area contributed by atoms with Gasteiger partial charge in [-0.15, -0.1) is 0 Å². The maximum atomic E-state index is 13.2. The first-order valence-corrected chi connectivity index (χ1v) is 13.6. The van der Waals surface area contributed by atoms with E-state index in [0.29, 0.717) is 25.9 Å². The second-order valence-electron chi connectivity index (χ2n) is 9.55. The number of nitrogens with one attached hydrogen (secondary N) is 4. The van der Waals surface area contributed by atoms with Crippen LogP contribution in [-0.4, -0.2) is 66.1 Å². The van der Waals surface area contributed by atoms with Crippen molar-refractivity contribution in [3.63, 3.8) is 0 Å². The lowest BCUT2D eigenvalue weighted by Crippen LogP contribution is -2.55. The molecule has 0 spiro atoms. The predicted molar refractivity (Wildman–Crippen MR) is 155 cm³/mol. The summed E-state index contributed by atoms with van der Waals surface area (Å²) >= 11 is 12.3. The average Bonchev–Trinajstić information content (AvgIpc) is 2.98. The minimum atomic E-state index is -1.13. The molecule has 3 aromatic rings. The Kier molecular flexibility index (Phi) is 9.64. The second-order valence-corrected chi connectivity index (χ2v) is 10.4. The van der Waals surface area contributed by atoms with Gasteiger partial charge in [0.1, 0.15) is 11.9 Å². The number of amides is 3. The lowest BCUT2D eigenvalue weighted by Gasteiger charge is -2.42. The van der Waals surface area contributed by atoms with Gasteiger partial charge in [-0.3, -0.25) is 9.78 Å². The Morgan fingerprint density at radius 3 is 2.34 bits per heavy atom. The molecule has 1 unspecified atom stereocenters. The van der Waals surface area contributed by atoms with Crippen LogP contribution in [0.15, 0.2) is 59.5 Å². The molecule has 41 heavy (non-hydrogen) atoms. The van der Waals surface area contributed by atoms with Gasteiger partial charge >= 0.3 is 17.7 Å². The number of benzene rings is 2. The Morgan fingerprint density at radius 2 is 1.73 bits per heavy atom. The highest BCUT2D eigenvalue weighted by Crippen LogP contribution is 2.32. The molecule has 1 atom stereocenters. The van der Waals surface area contributed by atoms with E-state index >= 15 is 0 Å². The standard InChI is InChI=1S/C28H30Cl2N6O5/c1-31-28(18-7-4-3-5-8-18)11-13-36(14-12-28)27(40)33-21(25(38)41-2)15-17-16-32-26(39)35-23(17)34-24(37)22-19(29)9-6-10-20(22)30/h3-10,16,21,31H,11-15H2,1-2H3,(H,33,40)(H2,32,34,35,37,39). The number of methoxy groups -OCH3 is 1. The van der Waals surface area contributed by atoms with Crippen LogP contribution in [0, 0.1) is 0 Å². The van der Waals surface area contributed by atoms with E-state index in [1.165, 1.54) is 25.4 Å². The van der Waals surface area contributed by atoms with E-state index < -0.39 is 29.6 Å². The molecule has 1 aliphatic rings. The summed E-state index contributed by atoms with van der Waals surface area (Å²) in [6.07, 6.45) is 2.43. The predicted octanol–water partition coefficient (Wildman–Crippen LogP) is 3.33. The monoisotopic (exact) mass is 600 g/mol. The van der Waals surface area contributed by atoms with Crippen LogP contribution in [0.5, 0.6) is 0 Å². The van der Waals surface area contributed by atoms with Crippen molar-refractivity contribution in [2.24, 2.45) is 0 Å². The van der Waals surface area contributed by atoms with Crippen LogP contribution in [0.2, 0.25) is 10.0 Å². The van der Waals surface area contributed by atoms with Crippen molar-refractivity contribution in [1.29, 1.82) is 0 Å². The molecule has 2 heterocycles. The topological polar surface area (TPSA) is 146 Å². The number of likely N-dealkylation sites (tertiary alicyclic amines) is 1. The van der Waals surface area contributed by atoms with Crippen molar-refractivity contribution < 1.29 is 19.1 Å². The zero-order valence-corrected chi connectivity index (χ0v) is 24.0. The smallest absolute Gasteiger partial charge is 0.346 e. The van der Waals surface area contributed by atoms with Crippen LogP contribution in [-0.2, 0) is 21.5 Å². The molecule has 0 aliphatic carbocycles. The fourth-order valence-corrected chi connectivity index (χ4v) is 5.47. The number of anilines is 1. The molecular weight excluding hydrogens is 571 g/mol. The Labute approximate surface area is 246 Å². The van der Waals surface area contributed by atoms with E-state index in [-0.39, 0.29) is 38.9 Å². The van der Waals surface area contributed by atoms with Crippen molar-refractivity contribution in [3.05, 3.63) is 91.9 Å². The fraction of sp³-hybridized carbons (Fsp3) is 0.321. The maximum absolute atomic E-state index is 13.2. The molecule has 4 rings (SSSR count). The highest BCUT2D eigenvalue weighted by molar-refractivity contribution is 6.40. The highest BCUT2D eigenvalue weighted by Gasteiger charge is 2.37. The van der Waals surface area contributed by atoms with E-state index in [1.807, 2.05) is 25.2 Å². The molecule has 0 saturated carbocycles. The van der Waals surface area contributed by atoms with E-state index in [0.717, 1.165) is 5.56 Å². The maximum Gasteiger partial charge on any atom is 0.346 e. The molecule has 1 aliphatic heterocycles. The van der Waals surface area contributed by atoms with E-state index in [9.17, 15) is 19.2 Å². The van der Waals surface area contributed by atoms with Crippen molar-refractivity contribution >= 4 is 46.9 Å². The third kappa shape index (κ3) is 6.87. The van der Waals surface area contributed by atoms with Crippen molar-refractivity contribution in [2.75, 3.05) is 32.6 Å². The summed E-state index contributed by atoms with van der Waals surface area (Å²) in [4.78, 5) is 58.7. The highest BCUT2D eigenvalue weighted by atomic mass is 35.5. The third-order valence-electron chi connectivity index (χ3n) is 7.24. The van der Waals surface area contributed by atoms with Crippen LogP contribution < -0.4 is 21.6 Å². The quantitative estimate of drug-likeness (QED) is 0.290. The number of nitrogens with zero attached hydrogens (tertiary/aromatic N) is 2. The molecular formula is C28H30Cl2N6O5. The number of carbonyl (C=O) groups is 3. The molecule has 0 radical (unpaired) electrons. The Balaban J connectivity index is 1.49. The Bertz CT molecular complexity index is 1450. The van der Waals surface area contributed by atoms with Gasteiger partial charge in [0.25, 0.3) is 5.91 Å². The summed E-state index contributed by atoms with van der Waals surface area (Å²) in [6.45, 7) is 0.908. The van der Waals surface area contributed by atoms with Crippen LogP contribution in [0.1, 0.15) is 34.3 Å². The number of hydrogen-bond donors (Lipinski definition) is 4. The summed E-state index contributed by atoms with van der Waals surface area (Å²) in [6, 6.07) is 13.1. The lowest BCUT2D eigenvalue weighted by molar-refractivity contribution is -0.142. The normalized spacial score (nSPS) is 15.1. The zero-order valence-electron chi connectivity index (χ0n) is 22.5. The number of halogens is 2. The molecule has 1 fully saturated rings. The van der Waals surface area contributed by atoms with Gasteiger partial charge in [-0.05, 0) is 37.6 Å². The molecule has 11 nitrogen and oxygen atoms in total. The molecule has 13 heteroatoms. The number of hydrogen-bond acceptors (Lipinski definition) is 7. The van der Waals surface area contributed by atoms with Crippen molar-refractivity contribution in [2.45, 2.75) is 30.8 Å². The van der Waals surface area contributed by atoms with E-state index in [2.05, 4.69) is 38.1 Å².